The molecule has 3 rings (SSSR count). The Morgan fingerprint density at radius 2 is 1.76 bits per heavy atom. The van der Waals surface area contributed by atoms with Crippen molar-refractivity contribution in [1.29, 1.82) is 0 Å². The van der Waals surface area contributed by atoms with Crippen LogP contribution in [0.5, 0.6) is 0 Å². The molecule has 2 aromatic carbocycles. The average molecular weight is 320 g/mol. The molecule has 0 radical (unpaired) electrons. The van der Waals surface area contributed by atoms with Crippen molar-refractivity contribution in [3.8, 4) is 5.69 Å². The predicted molar refractivity (Wildman–Crippen MR) is 81.9 cm³/mol. The van der Waals surface area contributed by atoms with E-state index in [1.54, 1.807) is 22.9 Å². The van der Waals surface area contributed by atoms with Crippen LogP contribution < -0.4 is 0 Å². The largest absolute Gasteiger partial charge is 0.382 e. The average Bonchev–Trinajstić information content (AvgIpc) is 2.99. The van der Waals surface area contributed by atoms with E-state index < -0.39 is 6.10 Å². The monoisotopic (exact) mass is 319 g/mol. The molecule has 0 fully saturated rings. The van der Waals surface area contributed by atoms with Gasteiger partial charge in [0.2, 0.25) is 0 Å². The molecule has 0 aliphatic carbocycles. The quantitative estimate of drug-likeness (QED) is 0.801. The van der Waals surface area contributed by atoms with Crippen molar-refractivity contribution in [2.24, 2.45) is 0 Å². The van der Waals surface area contributed by atoms with Gasteiger partial charge in [0.25, 0.3) is 0 Å². The smallest absolute Gasteiger partial charge is 0.123 e. The van der Waals surface area contributed by atoms with E-state index in [0.29, 0.717) is 21.3 Å². The molecule has 1 atom stereocenters. The second kappa shape index (κ2) is 5.85. The normalized spacial score (nSPS) is 12.3. The zero-order valence-corrected chi connectivity index (χ0v) is 12.3. The van der Waals surface area contributed by atoms with Gasteiger partial charge in [0.1, 0.15) is 6.10 Å². The summed E-state index contributed by atoms with van der Waals surface area (Å²) in [4.78, 5) is 0. The van der Waals surface area contributed by atoms with Crippen molar-refractivity contribution in [1.82, 2.24) is 15.0 Å². The fraction of sp³-hybridized carbons (Fsp3) is 0.0667. The lowest BCUT2D eigenvalue weighted by Gasteiger charge is -2.13. The summed E-state index contributed by atoms with van der Waals surface area (Å²) in [5.41, 5.74) is 2.01. The van der Waals surface area contributed by atoms with Gasteiger partial charge in [-0.05, 0) is 29.8 Å². The Labute approximate surface area is 131 Å². The maximum atomic E-state index is 10.5. The van der Waals surface area contributed by atoms with E-state index in [1.165, 1.54) is 6.20 Å². The molecule has 1 aromatic heterocycles. The molecule has 4 nitrogen and oxygen atoms in total. The van der Waals surface area contributed by atoms with Crippen molar-refractivity contribution in [3.63, 3.8) is 0 Å². The Hall–Kier alpha value is -1.88. The number of aromatic nitrogens is 3. The summed E-state index contributed by atoms with van der Waals surface area (Å²) >= 11 is 11.9. The van der Waals surface area contributed by atoms with E-state index >= 15 is 0 Å². The third kappa shape index (κ3) is 2.78. The van der Waals surface area contributed by atoms with Crippen LogP contribution in [-0.4, -0.2) is 20.1 Å². The van der Waals surface area contributed by atoms with Crippen LogP contribution in [0.3, 0.4) is 0 Å². The van der Waals surface area contributed by atoms with E-state index in [0.717, 1.165) is 5.69 Å². The summed E-state index contributed by atoms with van der Waals surface area (Å²) in [7, 11) is 0. The SMILES string of the molecule is OC(c1ccc(Cl)c(Cl)c1)c1cnnn1-c1ccccc1. The number of rotatable bonds is 3. The highest BCUT2D eigenvalue weighted by molar-refractivity contribution is 6.42. The molecule has 0 spiro atoms. The maximum absolute atomic E-state index is 10.5. The predicted octanol–water partition coefficient (Wildman–Crippen LogP) is 3.66. The van der Waals surface area contributed by atoms with Gasteiger partial charge in [-0.2, -0.15) is 0 Å². The van der Waals surface area contributed by atoms with Crippen LogP contribution in [-0.2, 0) is 0 Å². The van der Waals surface area contributed by atoms with E-state index in [4.69, 9.17) is 23.2 Å². The summed E-state index contributed by atoms with van der Waals surface area (Å²) in [5.74, 6) is 0. The van der Waals surface area contributed by atoms with Crippen LogP contribution in [0.15, 0.2) is 54.7 Å². The standard InChI is InChI=1S/C15H11Cl2N3O/c16-12-7-6-10(8-13(12)17)15(21)14-9-18-19-20(14)11-4-2-1-3-5-11/h1-9,15,21H. The van der Waals surface area contributed by atoms with E-state index in [2.05, 4.69) is 10.3 Å². The zero-order valence-electron chi connectivity index (χ0n) is 10.8. The van der Waals surface area contributed by atoms with Gasteiger partial charge in [-0.15, -0.1) is 5.10 Å². The molecule has 3 aromatic rings. The van der Waals surface area contributed by atoms with Gasteiger partial charge >= 0.3 is 0 Å². The second-order valence-corrected chi connectivity index (χ2v) is 5.30. The first-order valence-corrected chi connectivity index (χ1v) is 7.01. The number of para-hydroxylation sites is 1. The third-order valence-corrected chi connectivity index (χ3v) is 3.85. The van der Waals surface area contributed by atoms with Gasteiger partial charge in [-0.1, -0.05) is 52.7 Å². The number of aliphatic hydroxyl groups is 1. The highest BCUT2D eigenvalue weighted by Crippen LogP contribution is 2.29. The molecule has 21 heavy (non-hydrogen) atoms. The number of hydrogen-bond donors (Lipinski definition) is 1. The summed E-state index contributed by atoms with van der Waals surface area (Å²) in [6, 6.07) is 14.5. The summed E-state index contributed by atoms with van der Waals surface area (Å²) < 4.78 is 1.59. The first kappa shape index (κ1) is 14.1. The topological polar surface area (TPSA) is 50.9 Å². The van der Waals surface area contributed by atoms with E-state index in [9.17, 15) is 5.11 Å². The number of aliphatic hydroxyl groups excluding tert-OH is 1. The van der Waals surface area contributed by atoms with Crippen molar-refractivity contribution in [3.05, 3.63) is 76.0 Å². The first-order chi connectivity index (χ1) is 10.2. The zero-order chi connectivity index (χ0) is 14.8. The summed E-state index contributed by atoms with van der Waals surface area (Å²) in [6.07, 6.45) is 0.634. The lowest BCUT2D eigenvalue weighted by Crippen LogP contribution is -2.08. The van der Waals surface area contributed by atoms with Gasteiger partial charge < -0.3 is 5.11 Å². The van der Waals surface area contributed by atoms with E-state index in [1.807, 2.05) is 30.3 Å². The molecule has 6 heteroatoms. The lowest BCUT2D eigenvalue weighted by atomic mass is 10.1. The van der Waals surface area contributed by atoms with Crippen LogP contribution in [0.4, 0.5) is 0 Å². The van der Waals surface area contributed by atoms with Crippen molar-refractivity contribution < 1.29 is 5.11 Å². The molecule has 0 saturated heterocycles. The summed E-state index contributed by atoms with van der Waals surface area (Å²) in [6.45, 7) is 0. The molecule has 0 amide bonds. The molecular formula is C15H11Cl2N3O. The minimum atomic E-state index is -0.894. The maximum Gasteiger partial charge on any atom is 0.123 e. The number of hydrogen-bond acceptors (Lipinski definition) is 3. The van der Waals surface area contributed by atoms with Crippen molar-refractivity contribution in [2.75, 3.05) is 0 Å². The fourth-order valence-corrected chi connectivity index (χ4v) is 2.36. The molecule has 0 aliphatic rings. The minimum Gasteiger partial charge on any atom is -0.382 e. The molecule has 1 unspecified atom stereocenters. The molecule has 106 valence electrons. The second-order valence-electron chi connectivity index (χ2n) is 4.48. The molecule has 1 heterocycles. The highest BCUT2D eigenvalue weighted by atomic mass is 35.5. The minimum absolute atomic E-state index is 0.395. The van der Waals surface area contributed by atoms with E-state index in [-0.39, 0.29) is 0 Å². The fourth-order valence-electron chi connectivity index (χ4n) is 2.05. The van der Waals surface area contributed by atoms with Gasteiger partial charge in [0.15, 0.2) is 0 Å². The van der Waals surface area contributed by atoms with Crippen molar-refractivity contribution >= 4 is 23.2 Å². The van der Waals surface area contributed by atoms with Crippen LogP contribution in [0, 0.1) is 0 Å². The van der Waals surface area contributed by atoms with Gasteiger partial charge in [-0.25, -0.2) is 4.68 Å². The Morgan fingerprint density at radius 1 is 1.00 bits per heavy atom. The molecular weight excluding hydrogens is 309 g/mol. The van der Waals surface area contributed by atoms with Crippen molar-refractivity contribution in [2.45, 2.75) is 6.10 Å². The lowest BCUT2D eigenvalue weighted by molar-refractivity contribution is 0.212. The van der Waals surface area contributed by atoms with Gasteiger partial charge in [-0.3, -0.25) is 0 Å². The molecule has 0 saturated carbocycles. The van der Waals surface area contributed by atoms with Crippen LogP contribution in [0.25, 0.3) is 5.69 Å². The van der Waals surface area contributed by atoms with Gasteiger partial charge in [0, 0.05) is 0 Å². The first-order valence-electron chi connectivity index (χ1n) is 6.26. The van der Waals surface area contributed by atoms with Gasteiger partial charge in [0.05, 0.1) is 27.6 Å². The summed E-state index contributed by atoms with van der Waals surface area (Å²) in [5, 5.41) is 19.3. The van der Waals surface area contributed by atoms with Crippen LogP contribution >= 0.6 is 23.2 Å². The third-order valence-electron chi connectivity index (χ3n) is 3.12. The van der Waals surface area contributed by atoms with Crippen LogP contribution in [0.1, 0.15) is 17.4 Å². The Balaban J connectivity index is 2.01. The number of halogens is 2. The number of nitrogens with zero attached hydrogens (tertiary/aromatic N) is 3. The Morgan fingerprint density at radius 3 is 2.48 bits per heavy atom. The number of benzene rings is 2. The Kier molecular flexibility index (Phi) is 3.92. The Bertz CT molecular complexity index is 759. The molecule has 1 N–H and O–H groups in total. The highest BCUT2D eigenvalue weighted by Gasteiger charge is 2.18. The van der Waals surface area contributed by atoms with Crippen LogP contribution in [0.2, 0.25) is 10.0 Å². The molecule has 0 bridgehead atoms. The molecule has 0 aliphatic heterocycles.